The van der Waals surface area contributed by atoms with Crippen LogP contribution in [-0.2, 0) is 7.05 Å². The highest BCUT2D eigenvalue weighted by Crippen LogP contribution is 2.07. The summed E-state index contributed by atoms with van der Waals surface area (Å²) in [6, 6.07) is 0. The zero-order chi connectivity index (χ0) is 8.59. The van der Waals surface area contributed by atoms with Crippen molar-refractivity contribution in [1.82, 2.24) is 9.78 Å². The zero-order valence-corrected chi connectivity index (χ0v) is 7.17. The maximum Gasteiger partial charge on any atom is 0.355 e. The van der Waals surface area contributed by atoms with Crippen LogP contribution in [0.15, 0.2) is 9.27 Å². The summed E-state index contributed by atoms with van der Waals surface area (Å²) < 4.78 is 1.14. The molecule has 0 saturated carbocycles. The fourth-order valence-corrected chi connectivity index (χ4v) is 1.19. The van der Waals surface area contributed by atoms with Crippen LogP contribution in [-0.4, -0.2) is 20.9 Å². The summed E-state index contributed by atoms with van der Waals surface area (Å²) in [5.74, 6) is -1.16. The van der Waals surface area contributed by atoms with Crippen molar-refractivity contribution < 1.29 is 9.90 Å². The van der Waals surface area contributed by atoms with Gasteiger partial charge in [0.05, 0.1) is 0 Å². The summed E-state index contributed by atoms with van der Waals surface area (Å²) in [7, 11) is 1.44. The smallest absolute Gasteiger partial charge is 0.355 e. The second kappa shape index (κ2) is 2.54. The molecule has 0 fully saturated rings. The summed E-state index contributed by atoms with van der Waals surface area (Å²) in [6.45, 7) is 0. The van der Waals surface area contributed by atoms with Crippen LogP contribution >= 0.6 is 15.9 Å². The molecule has 5 nitrogen and oxygen atoms in total. The normalized spacial score (nSPS) is 10.0. The molecular weight excluding hydrogens is 216 g/mol. The second-order valence-electron chi connectivity index (χ2n) is 1.97. The van der Waals surface area contributed by atoms with Gasteiger partial charge in [-0.15, -0.1) is 0 Å². The molecule has 0 radical (unpaired) electrons. The Morgan fingerprint density at radius 3 is 2.45 bits per heavy atom. The molecule has 0 unspecified atom stereocenters. The maximum absolute atomic E-state index is 10.9. The quantitative estimate of drug-likeness (QED) is 0.709. The molecule has 11 heavy (non-hydrogen) atoms. The zero-order valence-electron chi connectivity index (χ0n) is 5.59. The van der Waals surface area contributed by atoms with Gasteiger partial charge in [-0.1, -0.05) is 0 Å². The predicted molar refractivity (Wildman–Crippen MR) is 40.7 cm³/mol. The molecule has 2 N–H and O–H groups in total. The van der Waals surface area contributed by atoms with Crippen molar-refractivity contribution in [1.29, 1.82) is 0 Å². The lowest BCUT2D eigenvalue weighted by Gasteiger charge is -1.86. The van der Waals surface area contributed by atoms with Crippen LogP contribution in [0.25, 0.3) is 0 Å². The molecule has 0 spiro atoms. The third-order valence-corrected chi connectivity index (χ3v) is 1.94. The van der Waals surface area contributed by atoms with Crippen LogP contribution in [0.5, 0.6) is 0 Å². The molecular formula is C5H5BrN2O3. The Morgan fingerprint density at radius 1 is 1.73 bits per heavy atom. The van der Waals surface area contributed by atoms with Gasteiger partial charge < -0.3 is 5.11 Å². The van der Waals surface area contributed by atoms with E-state index in [0.717, 1.165) is 4.68 Å². The highest BCUT2D eigenvalue weighted by Gasteiger charge is 2.14. The average Bonchev–Trinajstić information content (AvgIpc) is 2.17. The Balaban J connectivity index is 3.42. The van der Waals surface area contributed by atoms with Gasteiger partial charge in [-0.05, 0) is 15.9 Å². The molecule has 1 aromatic heterocycles. The molecule has 0 saturated heterocycles. The van der Waals surface area contributed by atoms with Gasteiger partial charge in [-0.3, -0.25) is 14.6 Å². The van der Waals surface area contributed by atoms with Crippen LogP contribution < -0.4 is 5.56 Å². The second-order valence-corrected chi connectivity index (χ2v) is 2.76. The minimum absolute atomic E-state index is 0.0486. The van der Waals surface area contributed by atoms with Gasteiger partial charge in [0.2, 0.25) is 0 Å². The summed E-state index contributed by atoms with van der Waals surface area (Å²) >= 11 is 2.86. The molecule has 0 amide bonds. The first-order valence-electron chi connectivity index (χ1n) is 2.72. The minimum Gasteiger partial charge on any atom is -0.476 e. The Hall–Kier alpha value is -1.04. The van der Waals surface area contributed by atoms with Gasteiger partial charge in [-0.25, -0.2) is 4.79 Å². The SMILES string of the molecule is Cn1[nH]c(C(=O)O)c(Br)c1=O. The number of H-pyrrole nitrogens is 1. The number of aromatic nitrogens is 2. The largest absolute Gasteiger partial charge is 0.476 e. The first-order valence-corrected chi connectivity index (χ1v) is 3.51. The molecule has 6 heteroatoms. The molecule has 0 aromatic carbocycles. The van der Waals surface area contributed by atoms with E-state index in [2.05, 4.69) is 21.0 Å². The molecule has 0 aliphatic carbocycles. The number of hydrogen-bond donors (Lipinski definition) is 2. The van der Waals surface area contributed by atoms with E-state index in [0.29, 0.717) is 0 Å². The first-order chi connectivity index (χ1) is 5.04. The van der Waals surface area contributed by atoms with Crippen molar-refractivity contribution in [2.75, 3.05) is 0 Å². The van der Waals surface area contributed by atoms with Crippen molar-refractivity contribution >= 4 is 21.9 Å². The fraction of sp³-hybridized carbons (Fsp3) is 0.200. The van der Waals surface area contributed by atoms with Crippen molar-refractivity contribution in [2.24, 2.45) is 7.05 Å². The van der Waals surface area contributed by atoms with Crippen molar-refractivity contribution in [3.05, 3.63) is 20.5 Å². The van der Waals surface area contributed by atoms with Crippen molar-refractivity contribution in [3.8, 4) is 0 Å². The van der Waals surface area contributed by atoms with E-state index < -0.39 is 5.97 Å². The van der Waals surface area contributed by atoms with Gasteiger partial charge in [0.25, 0.3) is 5.56 Å². The molecule has 1 rings (SSSR count). The fourth-order valence-electron chi connectivity index (χ4n) is 0.663. The van der Waals surface area contributed by atoms with Gasteiger partial charge >= 0.3 is 5.97 Å². The molecule has 60 valence electrons. The molecule has 1 aromatic rings. The van der Waals surface area contributed by atoms with Crippen LogP contribution in [0.3, 0.4) is 0 Å². The van der Waals surface area contributed by atoms with Crippen LogP contribution in [0.4, 0.5) is 0 Å². The number of aryl methyl sites for hydroxylation is 1. The molecule has 0 aliphatic rings. The molecule has 1 heterocycles. The molecule has 0 atom stereocenters. The number of carboxylic acid groups (broad SMARTS) is 1. The Labute approximate surface area is 69.8 Å². The summed E-state index contributed by atoms with van der Waals surface area (Å²) in [4.78, 5) is 21.3. The van der Waals surface area contributed by atoms with E-state index in [1.54, 1.807) is 0 Å². The number of nitrogens with zero attached hydrogens (tertiary/aromatic N) is 1. The highest BCUT2D eigenvalue weighted by molar-refractivity contribution is 9.10. The van der Waals surface area contributed by atoms with E-state index >= 15 is 0 Å². The lowest BCUT2D eigenvalue weighted by molar-refractivity contribution is 0.0688. The lowest BCUT2D eigenvalue weighted by Crippen LogP contribution is -2.11. The minimum atomic E-state index is -1.16. The third-order valence-electron chi connectivity index (χ3n) is 1.21. The first kappa shape index (κ1) is 8.06. The lowest BCUT2D eigenvalue weighted by atomic mass is 10.4. The van der Waals surface area contributed by atoms with Crippen LogP contribution in [0.1, 0.15) is 10.5 Å². The number of carboxylic acids is 1. The summed E-state index contributed by atoms with van der Waals surface area (Å²) in [5.41, 5.74) is -0.514. The van der Waals surface area contributed by atoms with Crippen LogP contribution in [0.2, 0.25) is 0 Å². The topological polar surface area (TPSA) is 75.1 Å². The molecule has 0 bridgehead atoms. The van der Waals surface area contributed by atoms with Crippen molar-refractivity contribution in [3.63, 3.8) is 0 Å². The van der Waals surface area contributed by atoms with E-state index in [1.807, 2.05) is 0 Å². The number of hydrogen-bond acceptors (Lipinski definition) is 2. The van der Waals surface area contributed by atoms with E-state index in [1.165, 1.54) is 7.05 Å². The number of halogens is 1. The van der Waals surface area contributed by atoms with Gasteiger partial charge in [0.15, 0.2) is 5.69 Å². The van der Waals surface area contributed by atoms with E-state index in [-0.39, 0.29) is 15.7 Å². The van der Waals surface area contributed by atoms with Gasteiger partial charge in [0.1, 0.15) is 4.47 Å². The Morgan fingerprint density at radius 2 is 2.27 bits per heavy atom. The van der Waals surface area contributed by atoms with Gasteiger partial charge in [-0.2, -0.15) is 0 Å². The predicted octanol–water partition coefficient (Wildman–Crippen LogP) is 0.174. The number of nitrogens with one attached hydrogen (secondary N) is 1. The summed E-state index contributed by atoms with van der Waals surface area (Å²) in [5, 5.41) is 10.9. The standard InChI is InChI=1S/C5H5BrN2O3/c1-8-4(9)2(6)3(7-8)5(10)11/h7H,1H3,(H,10,11). The monoisotopic (exact) mass is 220 g/mol. The summed E-state index contributed by atoms with van der Waals surface area (Å²) in [6.07, 6.45) is 0. The Kier molecular flexibility index (Phi) is 1.86. The maximum atomic E-state index is 10.9. The number of carbonyl (C=O) groups is 1. The third kappa shape index (κ3) is 1.21. The number of aromatic carboxylic acids is 1. The molecule has 0 aliphatic heterocycles. The number of aromatic amines is 1. The Bertz CT molecular complexity index is 351. The number of rotatable bonds is 1. The van der Waals surface area contributed by atoms with E-state index in [9.17, 15) is 9.59 Å². The highest BCUT2D eigenvalue weighted by atomic mass is 79.9. The van der Waals surface area contributed by atoms with Crippen LogP contribution in [0, 0.1) is 0 Å². The average molecular weight is 221 g/mol. The van der Waals surface area contributed by atoms with Gasteiger partial charge in [0, 0.05) is 7.05 Å². The van der Waals surface area contributed by atoms with E-state index in [4.69, 9.17) is 5.11 Å². The van der Waals surface area contributed by atoms with Crippen molar-refractivity contribution in [2.45, 2.75) is 0 Å².